The fraction of sp³-hybridized carbons (Fsp3) is 0.0714. The minimum absolute atomic E-state index is 0.219. The molecule has 0 N–H and O–H groups in total. The molecule has 100 valence electrons. The third-order valence-corrected chi connectivity index (χ3v) is 3.37. The van der Waals surface area contributed by atoms with Gasteiger partial charge in [-0.1, -0.05) is 22.9 Å². The molecule has 0 bridgehead atoms. The van der Waals surface area contributed by atoms with Crippen LogP contribution in [0.25, 0.3) is 17.1 Å². The quantitative estimate of drug-likeness (QED) is 0.693. The molecule has 0 amide bonds. The Morgan fingerprint density at radius 2 is 2.20 bits per heavy atom. The first-order valence-electron chi connectivity index (χ1n) is 5.92. The Bertz CT molecular complexity index is 763. The molecule has 2 aromatic heterocycles. The van der Waals surface area contributed by atoms with E-state index in [0.717, 1.165) is 5.56 Å². The van der Waals surface area contributed by atoms with Crippen molar-refractivity contribution in [2.24, 2.45) is 0 Å². The van der Waals surface area contributed by atoms with Crippen LogP contribution in [0.4, 0.5) is 0 Å². The van der Waals surface area contributed by atoms with E-state index in [4.69, 9.17) is 16.0 Å². The van der Waals surface area contributed by atoms with Gasteiger partial charge in [-0.25, -0.2) is 4.68 Å². The molecule has 0 aliphatic rings. The summed E-state index contributed by atoms with van der Waals surface area (Å²) in [6.07, 6.45) is 2.18. The molecular formula is C14H10ClN3O2. The van der Waals surface area contributed by atoms with Gasteiger partial charge in [-0.2, -0.15) is 0 Å². The molecule has 0 saturated carbocycles. The molecule has 0 atom stereocenters. The maximum atomic E-state index is 11.1. The molecule has 1 aromatic carbocycles. The number of nitrogens with zero attached hydrogens (tertiary/aromatic N) is 3. The van der Waals surface area contributed by atoms with Gasteiger partial charge in [0.1, 0.15) is 5.69 Å². The lowest BCUT2D eigenvalue weighted by Crippen LogP contribution is -2.00. The molecule has 0 saturated heterocycles. The van der Waals surface area contributed by atoms with E-state index in [1.165, 1.54) is 10.9 Å². The number of aldehydes is 1. The highest BCUT2D eigenvalue weighted by molar-refractivity contribution is 6.31. The van der Waals surface area contributed by atoms with E-state index in [1.54, 1.807) is 18.2 Å². The summed E-state index contributed by atoms with van der Waals surface area (Å²) in [4.78, 5) is 11.1. The second-order valence-corrected chi connectivity index (χ2v) is 4.67. The number of aromatic nitrogens is 3. The third-order valence-electron chi connectivity index (χ3n) is 2.96. The monoisotopic (exact) mass is 287 g/mol. The van der Waals surface area contributed by atoms with Crippen LogP contribution in [-0.2, 0) is 0 Å². The van der Waals surface area contributed by atoms with Gasteiger partial charge < -0.3 is 4.42 Å². The van der Waals surface area contributed by atoms with Crippen molar-refractivity contribution in [1.29, 1.82) is 0 Å². The van der Waals surface area contributed by atoms with Gasteiger partial charge in [0.15, 0.2) is 17.7 Å². The molecule has 0 spiro atoms. The van der Waals surface area contributed by atoms with E-state index in [-0.39, 0.29) is 5.69 Å². The molecule has 0 aliphatic heterocycles. The third kappa shape index (κ3) is 2.02. The van der Waals surface area contributed by atoms with Crippen molar-refractivity contribution in [2.45, 2.75) is 6.92 Å². The molecule has 20 heavy (non-hydrogen) atoms. The highest BCUT2D eigenvalue weighted by atomic mass is 35.5. The Morgan fingerprint density at radius 1 is 1.35 bits per heavy atom. The maximum Gasteiger partial charge on any atom is 0.172 e. The first-order chi connectivity index (χ1) is 9.70. The zero-order chi connectivity index (χ0) is 14.1. The second kappa shape index (κ2) is 4.94. The van der Waals surface area contributed by atoms with Crippen molar-refractivity contribution in [3.8, 4) is 17.1 Å². The van der Waals surface area contributed by atoms with Crippen molar-refractivity contribution < 1.29 is 9.21 Å². The minimum Gasteiger partial charge on any atom is -0.463 e. The van der Waals surface area contributed by atoms with Gasteiger partial charge in [-0.3, -0.25) is 4.79 Å². The molecule has 3 aromatic rings. The fourth-order valence-electron chi connectivity index (χ4n) is 1.91. The van der Waals surface area contributed by atoms with Gasteiger partial charge in [0.25, 0.3) is 0 Å². The topological polar surface area (TPSA) is 60.9 Å². The van der Waals surface area contributed by atoms with Crippen LogP contribution in [0.5, 0.6) is 0 Å². The largest absolute Gasteiger partial charge is 0.463 e. The van der Waals surface area contributed by atoms with Crippen LogP contribution in [0, 0.1) is 6.92 Å². The Morgan fingerprint density at radius 3 is 2.85 bits per heavy atom. The summed E-state index contributed by atoms with van der Waals surface area (Å²) in [6, 6.07) is 9.00. The summed E-state index contributed by atoms with van der Waals surface area (Å²) in [7, 11) is 0. The van der Waals surface area contributed by atoms with Crippen LogP contribution in [-0.4, -0.2) is 21.3 Å². The number of aryl methyl sites for hydroxylation is 1. The summed E-state index contributed by atoms with van der Waals surface area (Å²) in [5.74, 6) is 0.522. The van der Waals surface area contributed by atoms with E-state index >= 15 is 0 Å². The van der Waals surface area contributed by atoms with Crippen LogP contribution in [0.2, 0.25) is 5.02 Å². The molecule has 0 aliphatic carbocycles. The van der Waals surface area contributed by atoms with Gasteiger partial charge in [-0.05, 0) is 36.8 Å². The molecular weight excluding hydrogens is 278 g/mol. The minimum atomic E-state index is 0.219. The summed E-state index contributed by atoms with van der Waals surface area (Å²) in [5, 5.41) is 8.48. The number of rotatable bonds is 3. The van der Waals surface area contributed by atoms with E-state index in [1.807, 2.05) is 19.1 Å². The lowest BCUT2D eigenvalue weighted by molar-refractivity contribution is 0.111. The first-order valence-corrected chi connectivity index (χ1v) is 6.30. The van der Waals surface area contributed by atoms with Crippen LogP contribution in [0.15, 0.2) is 41.0 Å². The summed E-state index contributed by atoms with van der Waals surface area (Å²) in [5.41, 5.74) is 2.40. The Kier molecular flexibility index (Phi) is 3.12. The van der Waals surface area contributed by atoms with Gasteiger partial charge in [0.05, 0.1) is 12.0 Å². The highest BCUT2D eigenvalue weighted by Crippen LogP contribution is 2.26. The average molecular weight is 288 g/mol. The Labute approximate surface area is 119 Å². The molecule has 2 heterocycles. The van der Waals surface area contributed by atoms with E-state index in [0.29, 0.717) is 28.5 Å². The smallest absolute Gasteiger partial charge is 0.172 e. The maximum absolute atomic E-state index is 11.1. The second-order valence-electron chi connectivity index (χ2n) is 4.26. The standard InChI is InChI=1S/C14H10ClN3O2/c1-9-4-5-10(7-11(9)15)18-14(12(8-19)16-17-18)13-3-2-6-20-13/h2-8H,1H3. The number of hydrogen-bond acceptors (Lipinski definition) is 4. The SMILES string of the molecule is Cc1ccc(-n2nnc(C=O)c2-c2ccco2)cc1Cl. The van der Waals surface area contributed by atoms with E-state index < -0.39 is 0 Å². The van der Waals surface area contributed by atoms with Crippen LogP contribution in [0.3, 0.4) is 0 Å². The van der Waals surface area contributed by atoms with Crippen molar-refractivity contribution in [2.75, 3.05) is 0 Å². The number of carbonyl (C=O) groups excluding carboxylic acids is 1. The van der Waals surface area contributed by atoms with Gasteiger partial charge in [0, 0.05) is 5.02 Å². The van der Waals surface area contributed by atoms with Crippen molar-refractivity contribution >= 4 is 17.9 Å². The van der Waals surface area contributed by atoms with Crippen molar-refractivity contribution in [3.63, 3.8) is 0 Å². The van der Waals surface area contributed by atoms with Crippen LogP contribution >= 0.6 is 11.6 Å². The zero-order valence-corrected chi connectivity index (χ0v) is 11.3. The number of carbonyl (C=O) groups is 1. The van der Waals surface area contributed by atoms with Gasteiger partial charge >= 0.3 is 0 Å². The van der Waals surface area contributed by atoms with Crippen molar-refractivity contribution in [1.82, 2.24) is 15.0 Å². The summed E-state index contributed by atoms with van der Waals surface area (Å²) in [6.45, 7) is 1.91. The molecule has 0 fully saturated rings. The normalized spacial score (nSPS) is 10.7. The van der Waals surface area contributed by atoms with Gasteiger partial charge in [-0.15, -0.1) is 5.10 Å². The zero-order valence-electron chi connectivity index (χ0n) is 10.6. The predicted octanol–water partition coefficient (Wildman–Crippen LogP) is 3.30. The average Bonchev–Trinajstić information content (AvgIpc) is 3.09. The number of hydrogen-bond donors (Lipinski definition) is 0. The summed E-state index contributed by atoms with van der Waals surface area (Å²) < 4.78 is 6.88. The van der Waals surface area contributed by atoms with E-state index in [9.17, 15) is 4.79 Å². The summed E-state index contributed by atoms with van der Waals surface area (Å²) >= 11 is 6.13. The molecule has 6 heteroatoms. The number of halogens is 1. The molecule has 3 rings (SSSR count). The predicted molar refractivity (Wildman–Crippen MR) is 74.2 cm³/mol. The first kappa shape index (κ1) is 12.6. The van der Waals surface area contributed by atoms with Crippen LogP contribution < -0.4 is 0 Å². The van der Waals surface area contributed by atoms with Crippen LogP contribution in [0.1, 0.15) is 16.1 Å². The Balaban J connectivity index is 2.21. The number of furan rings is 1. The lowest BCUT2D eigenvalue weighted by Gasteiger charge is -2.06. The molecule has 0 unspecified atom stereocenters. The highest BCUT2D eigenvalue weighted by Gasteiger charge is 2.18. The fourth-order valence-corrected chi connectivity index (χ4v) is 2.09. The number of benzene rings is 1. The Hall–Kier alpha value is -2.40. The van der Waals surface area contributed by atoms with Gasteiger partial charge in [0.2, 0.25) is 0 Å². The molecule has 0 radical (unpaired) electrons. The molecule has 5 nitrogen and oxygen atoms in total. The van der Waals surface area contributed by atoms with E-state index in [2.05, 4.69) is 10.3 Å². The van der Waals surface area contributed by atoms with Crippen molar-refractivity contribution in [3.05, 3.63) is 52.9 Å². The lowest BCUT2D eigenvalue weighted by atomic mass is 10.2.